The van der Waals surface area contributed by atoms with E-state index < -0.39 is 11.8 Å². The second-order valence-electron chi connectivity index (χ2n) is 4.42. The summed E-state index contributed by atoms with van der Waals surface area (Å²) in [4.78, 5) is 23.4. The van der Waals surface area contributed by atoms with Crippen molar-refractivity contribution >= 4 is 29.1 Å². The monoisotopic (exact) mass is 322 g/mol. The highest BCUT2D eigenvalue weighted by molar-refractivity contribution is 6.40. The van der Waals surface area contributed by atoms with Crippen LogP contribution in [0, 0.1) is 5.82 Å². The molecule has 0 unspecified atom stereocenters. The number of benzene rings is 2. The van der Waals surface area contributed by atoms with Gasteiger partial charge in [0.15, 0.2) is 0 Å². The number of hydrogen-bond donors (Lipinski definition) is 3. The topological polar surface area (TPSA) is 78.4 Å². The number of carbonyl (C=O) groups excluding carboxylic acids is 2. The minimum absolute atomic E-state index is 0.0365. The van der Waals surface area contributed by atoms with Gasteiger partial charge in [-0.05, 0) is 35.9 Å². The summed E-state index contributed by atoms with van der Waals surface area (Å²) in [6, 6.07) is 9.57. The molecule has 0 aromatic heterocycles. The van der Waals surface area contributed by atoms with Gasteiger partial charge in [0, 0.05) is 11.6 Å². The van der Waals surface area contributed by atoms with E-state index >= 15 is 0 Å². The van der Waals surface area contributed by atoms with Crippen LogP contribution in [0.3, 0.4) is 0 Å². The number of nitrogens with one attached hydrogen (secondary N) is 2. The molecule has 2 rings (SSSR count). The van der Waals surface area contributed by atoms with Crippen molar-refractivity contribution < 1.29 is 19.1 Å². The molecule has 2 amide bonds. The van der Waals surface area contributed by atoms with Crippen LogP contribution in [0.25, 0.3) is 0 Å². The van der Waals surface area contributed by atoms with Gasteiger partial charge in [0.05, 0.1) is 5.69 Å². The number of phenols is 1. The van der Waals surface area contributed by atoms with Gasteiger partial charge < -0.3 is 15.7 Å². The highest BCUT2D eigenvalue weighted by Gasteiger charge is 2.15. The van der Waals surface area contributed by atoms with E-state index in [0.717, 1.165) is 0 Å². The molecule has 2 aromatic rings. The number of aromatic hydroxyl groups is 1. The summed E-state index contributed by atoms with van der Waals surface area (Å²) in [5.74, 6) is -2.42. The van der Waals surface area contributed by atoms with E-state index in [1.165, 1.54) is 42.5 Å². The highest BCUT2D eigenvalue weighted by Crippen LogP contribution is 2.26. The molecule has 0 atom stereocenters. The average molecular weight is 323 g/mol. The van der Waals surface area contributed by atoms with Crippen molar-refractivity contribution in [3.05, 3.63) is 58.9 Å². The molecule has 0 saturated carbocycles. The summed E-state index contributed by atoms with van der Waals surface area (Å²) in [5.41, 5.74) is 0.683. The quantitative estimate of drug-likeness (QED) is 0.600. The number of amides is 2. The predicted octanol–water partition coefficient (Wildman–Crippen LogP) is 2.44. The molecule has 0 aliphatic heterocycles. The highest BCUT2D eigenvalue weighted by atomic mass is 35.5. The number of hydrogen-bond acceptors (Lipinski definition) is 3. The first kappa shape index (κ1) is 15.8. The van der Waals surface area contributed by atoms with Crippen molar-refractivity contribution in [1.82, 2.24) is 5.32 Å². The largest absolute Gasteiger partial charge is 0.506 e. The first-order chi connectivity index (χ1) is 10.5. The molecule has 0 saturated heterocycles. The van der Waals surface area contributed by atoms with Crippen molar-refractivity contribution in [3.63, 3.8) is 0 Å². The number of rotatable bonds is 3. The Morgan fingerprint density at radius 2 is 1.77 bits per heavy atom. The van der Waals surface area contributed by atoms with E-state index in [9.17, 15) is 19.1 Å². The predicted molar refractivity (Wildman–Crippen MR) is 80.0 cm³/mol. The van der Waals surface area contributed by atoms with E-state index in [0.29, 0.717) is 10.6 Å². The molecule has 2 aromatic carbocycles. The number of halogens is 2. The third kappa shape index (κ3) is 4.20. The lowest BCUT2D eigenvalue weighted by Crippen LogP contribution is -2.34. The number of carbonyl (C=O) groups is 2. The SMILES string of the molecule is O=C(NCc1ccc(F)cc1)C(=O)Nc1cc(Cl)ccc1O. The lowest BCUT2D eigenvalue weighted by Gasteiger charge is -2.08. The van der Waals surface area contributed by atoms with E-state index in [-0.39, 0.29) is 23.8 Å². The van der Waals surface area contributed by atoms with Crippen LogP contribution < -0.4 is 10.6 Å². The normalized spacial score (nSPS) is 10.1. The zero-order valence-corrected chi connectivity index (χ0v) is 12.0. The fourth-order valence-electron chi connectivity index (χ4n) is 1.65. The van der Waals surface area contributed by atoms with Crippen molar-refractivity contribution in [2.24, 2.45) is 0 Å². The lowest BCUT2D eigenvalue weighted by atomic mass is 10.2. The van der Waals surface area contributed by atoms with Crippen molar-refractivity contribution in [2.75, 3.05) is 5.32 Å². The van der Waals surface area contributed by atoms with E-state index in [1.54, 1.807) is 0 Å². The van der Waals surface area contributed by atoms with Crippen LogP contribution in [0.2, 0.25) is 5.02 Å². The van der Waals surface area contributed by atoms with Gasteiger partial charge in [0.2, 0.25) is 0 Å². The second kappa shape index (κ2) is 6.91. The van der Waals surface area contributed by atoms with Crippen LogP contribution in [0.5, 0.6) is 5.75 Å². The van der Waals surface area contributed by atoms with E-state index in [2.05, 4.69) is 10.6 Å². The summed E-state index contributed by atoms with van der Waals surface area (Å²) >= 11 is 5.74. The van der Waals surface area contributed by atoms with Crippen molar-refractivity contribution in [2.45, 2.75) is 6.54 Å². The smallest absolute Gasteiger partial charge is 0.313 e. The first-order valence-electron chi connectivity index (χ1n) is 6.28. The van der Waals surface area contributed by atoms with E-state index in [1.807, 2.05) is 0 Å². The van der Waals surface area contributed by atoms with Gasteiger partial charge in [-0.2, -0.15) is 0 Å². The summed E-state index contributed by atoms with van der Waals surface area (Å²) < 4.78 is 12.7. The van der Waals surface area contributed by atoms with Gasteiger partial charge in [0.25, 0.3) is 0 Å². The molecular formula is C15H12ClFN2O3. The molecule has 0 fully saturated rings. The van der Waals surface area contributed by atoms with Gasteiger partial charge >= 0.3 is 11.8 Å². The Morgan fingerprint density at radius 3 is 2.45 bits per heavy atom. The Bertz CT molecular complexity index is 704. The summed E-state index contributed by atoms with van der Waals surface area (Å²) in [5, 5.41) is 14.5. The maximum atomic E-state index is 12.7. The van der Waals surface area contributed by atoms with Gasteiger partial charge in [-0.15, -0.1) is 0 Å². The molecule has 0 aliphatic rings. The average Bonchev–Trinajstić information content (AvgIpc) is 2.50. The molecule has 7 heteroatoms. The second-order valence-corrected chi connectivity index (χ2v) is 4.86. The minimum atomic E-state index is -0.945. The molecule has 114 valence electrons. The molecule has 0 spiro atoms. The van der Waals surface area contributed by atoms with Crippen LogP contribution in [-0.4, -0.2) is 16.9 Å². The van der Waals surface area contributed by atoms with Crippen LogP contribution in [0.4, 0.5) is 10.1 Å². The lowest BCUT2D eigenvalue weighted by molar-refractivity contribution is -0.136. The molecule has 22 heavy (non-hydrogen) atoms. The third-order valence-corrected chi connectivity index (χ3v) is 3.01. The number of phenolic OH excluding ortho intramolecular Hbond substituents is 1. The minimum Gasteiger partial charge on any atom is -0.506 e. The maximum absolute atomic E-state index is 12.7. The Balaban J connectivity index is 1.93. The summed E-state index contributed by atoms with van der Waals surface area (Å²) in [6.45, 7) is 0.0774. The molecule has 0 radical (unpaired) electrons. The maximum Gasteiger partial charge on any atom is 0.313 e. The van der Waals surface area contributed by atoms with Crippen LogP contribution in [0.15, 0.2) is 42.5 Å². The molecule has 5 nitrogen and oxygen atoms in total. The first-order valence-corrected chi connectivity index (χ1v) is 6.65. The van der Waals surface area contributed by atoms with Gasteiger partial charge in [0.1, 0.15) is 11.6 Å². The zero-order chi connectivity index (χ0) is 16.1. The third-order valence-electron chi connectivity index (χ3n) is 2.78. The van der Waals surface area contributed by atoms with Gasteiger partial charge in [-0.1, -0.05) is 23.7 Å². The molecular weight excluding hydrogens is 311 g/mol. The summed E-state index contributed by atoms with van der Waals surface area (Å²) in [7, 11) is 0. The molecule has 3 N–H and O–H groups in total. The van der Waals surface area contributed by atoms with Crippen LogP contribution in [-0.2, 0) is 16.1 Å². The van der Waals surface area contributed by atoms with Crippen molar-refractivity contribution in [1.29, 1.82) is 0 Å². The van der Waals surface area contributed by atoms with E-state index in [4.69, 9.17) is 11.6 Å². The fourth-order valence-corrected chi connectivity index (χ4v) is 1.82. The Morgan fingerprint density at radius 1 is 1.09 bits per heavy atom. The molecule has 0 heterocycles. The van der Waals surface area contributed by atoms with Gasteiger partial charge in [-0.3, -0.25) is 9.59 Å². The Labute approximate surface area is 130 Å². The Hall–Kier alpha value is -2.60. The molecule has 0 aliphatic carbocycles. The standard InChI is InChI=1S/C15H12ClFN2O3/c16-10-3-6-13(20)12(7-10)19-15(22)14(21)18-8-9-1-4-11(17)5-2-9/h1-7,20H,8H2,(H,18,21)(H,19,22). The zero-order valence-electron chi connectivity index (χ0n) is 11.3. The summed E-state index contributed by atoms with van der Waals surface area (Å²) in [6.07, 6.45) is 0. The number of anilines is 1. The Kier molecular flexibility index (Phi) is 4.95. The van der Waals surface area contributed by atoms with Gasteiger partial charge in [-0.25, -0.2) is 4.39 Å². The molecule has 0 bridgehead atoms. The fraction of sp³-hybridized carbons (Fsp3) is 0.0667. The van der Waals surface area contributed by atoms with Crippen LogP contribution in [0.1, 0.15) is 5.56 Å². The van der Waals surface area contributed by atoms with Crippen LogP contribution >= 0.6 is 11.6 Å². The van der Waals surface area contributed by atoms with Crippen molar-refractivity contribution in [3.8, 4) is 5.75 Å².